The molecule has 6 heteroatoms. The van der Waals surface area contributed by atoms with E-state index in [1.165, 1.54) is 14.2 Å². The zero-order valence-corrected chi connectivity index (χ0v) is 9.43. The normalized spacial score (nSPS) is 22.2. The predicted molar refractivity (Wildman–Crippen MR) is 52.7 cm³/mol. The van der Waals surface area contributed by atoms with Gasteiger partial charge in [0.25, 0.3) is 0 Å². The molecule has 0 N–H and O–H groups in total. The van der Waals surface area contributed by atoms with Gasteiger partial charge in [0.05, 0.1) is 52.5 Å². The molecule has 0 saturated carbocycles. The van der Waals surface area contributed by atoms with Crippen LogP contribution >= 0.6 is 0 Å². The molecule has 1 aliphatic rings. The fraction of sp³-hybridized carbons (Fsp3) is 0.800. The third kappa shape index (κ3) is 3.46. The number of rotatable bonds is 4. The first-order chi connectivity index (χ1) is 7.69. The molecule has 1 saturated heterocycles. The van der Waals surface area contributed by atoms with Gasteiger partial charge < -0.3 is 18.9 Å². The Balaban J connectivity index is 2.61. The molecule has 0 aromatic rings. The van der Waals surface area contributed by atoms with E-state index in [1.54, 1.807) is 0 Å². The van der Waals surface area contributed by atoms with E-state index >= 15 is 0 Å². The highest BCUT2D eigenvalue weighted by Crippen LogP contribution is 2.18. The Hall–Kier alpha value is -1.14. The van der Waals surface area contributed by atoms with Gasteiger partial charge in [0, 0.05) is 0 Å². The van der Waals surface area contributed by atoms with Gasteiger partial charge in [0.1, 0.15) is 0 Å². The minimum absolute atomic E-state index is 0.0583. The van der Waals surface area contributed by atoms with Gasteiger partial charge in [0.2, 0.25) is 0 Å². The van der Waals surface area contributed by atoms with E-state index in [1.807, 2.05) is 0 Å². The van der Waals surface area contributed by atoms with Crippen LogP contribution in [-0.4, -0.2) is 52.1 Å². The van der Waals surface area contributed by atoms with Crippen molar-refractivity contribution in [3.05, 3.63) is 0 Å². The van der Waals surface area contributed by atoms with E-state index in [4.69, 9.17) is 9.47 Å². The van der Waals surface area contributed by atoms with Crippen molar-refractivity contribution in [3.8, 4) is 0 Å². The van der Waals surface area contributed by atoms with Crippen molar-refractivity contribution in [1.29, 1.82) is 0 Å². The highest BCUT2D eigenvalue weighted by molar-refractivity contribution is 5.80. The molecule has 0 spiro atoms. The predicted octanol–water partition coefficient (Wildman–Crippen LogP) is -0.246. The molecule has 6 nitrogen and oxygen atoms in total. The van der Waals surface area contributed by atoms with Gasteiger partial charge in [-0.2, -0.15) is 0 Å². The number of methoxy groups -OCH3 is 2. The van der Waals surface area contributed by atoms with Crippen molar-refractivity contribution in [2.24, 2.45) is 5.92 Å². The van der Waals surface area contributed by atoms with Crippen molar-refractivity contribution in [2.45, 2.75) is 12.5 Å². The molecular weight excluding hydrogens is 216 g/mol. The molecule has 16 heavy (non-hydrogen) atoms. The lowest BCUT2D eigenvalue weighted by atomic mass is 9.98. The van der Waals surface area contributed by atoms with Crippen LogP contribution in [0.5, 0.6) is 0 Å². The maximum atomic E-state index is 11.5. The summed E-state index contributed by atoms with van der Waals surface area (Å²) >= 11 is 0. The van der Waals surface area contributed by atoms with E-state index in [9.17, 15) is 9.59 Å². The monoisotopic (exact) mass is 232 g/mol. The van der Waals surface area contributed by atoms with Gasteiger partial charge in [-0.15, -0.1) is 0 Å². The van der Waals surface area contributed by atoms with Crippen LogP contribution < -0.4 is 0 Å². The lowest BCUT2D eigenvalue weighted by Gasteiger charge is -2.28. The lowest BCUT2D eigenvalue weighted by molar-refractivity contribution is -0.167. The van der Waals surface area contributed by atoms with Crippen LogP contribution in [0, 0.1) is 5.92 Å². The SMILES string of the molecule is COC(=O)C[C@H](C(=O)OC)[C@H]1COCCO1. The van der Waals surface area contributed by atoms with E-state index in [0.717, 1.165) is 0 Å². The van der Waals surface area contributed by atoms with Crippen LogP contribution in [0.3, 0.4) is 0 Å². The van der Waals surface area contributed by atoms with Crippen molar-refractivity contribution in [2.75, 3.05) is 34.0 Å². The van der Waals surface area contributed by atoms with Gasteiger partial charge in [-0.05, 0) is 0 Å². The molecule has 0 bridgehead atoms. The third-order valence-corrected chi connectivity index (χ3v) is 2.41. The third-order valence-electron chi connectivity index (χ3n) is 2.41. The number of carbonyl (C=O) groups is 2. The van der Waals surface area contributed by atoms with Crippen molar-refractivity contribution in [1.82, 2.24) is 0 Å². The second-order valence-electron chi connectivity index (χ2n) is 3.39. The second kappa shape index (κ2) is 6.44. The van der Waals surface area contributed by atoms with Gasteiger partial charge in [-0.25, -0.2) is 0 Å². The Bertz CT molecular complexity index is 246. The molecule has 1 heterocycles. The fourth-order valence-corrected chi connectivity index (χ4v) is 1.52. The zero-order chi connectivity index (χ0) is 12.0. The summed E-state index contributed by atoms with van der Waals surface area (Å²) in [4.78, 5) is 22.7. The first-order valence-electron chi connectivity index (χ1n) is 5.03. The molecule has 0 aliphatic carbocycles. The van der Waals surface area contributed by atoms with Crippen molar-refractivity contribution in [3.63, 3.8) is 0 Å². The Morgan fingerprint density at radius 3 is 2.56 bits per heavy atom. The molecule has 0 unspecified atom stereocenters. The van der Waals surface area contributed by atoms with Gasteiger partial charge >= 0.3 is 11.9 Å². The van der Waals surface area contributed by atoms with E-state index in [0.29, 0.717) is 13.2 Å². The Kier molecular flexibility index (Phi) is 5.21. The molecule has 1 rings (SSSR count). The second-order valence-corrected chi connectivity index (χ2v) is 3.39. The minimum atomic E-state index is -0.669. The largest absolute Gasteiger partial charge is 0.469 e. The minimum Gasteiger partial charge on any atom is -0.469 e. The summed E-state index contributed by atoms with van der Waals surface area (Å²) in [5, 5.41) is 0. The highest BCUT2D eigenvalue weighted by Gasteiger charge is 2.34. The topological polar surface area (TPSA) is 71.1 Å². The van der Waals surface area contributed by atoms with Gasteiger partial charge in [-0.3, -0.25) is 9.59 Å². The molecule has 0 amide bonds. The first kappa shape index (κ1) is 12.9. The van der Waals surface area contributed by atoms with Crippen LogP contribution in [0.15, 0.2) is 0 Å². The maximum Gasteiger partial charge on any atom is 0.311 e. The van der Waals surface area contributed by atoms with E-state index in [-0.39, 0.29) is 13.0 Å². The Morgan fingerprint density at radius 1 is 1.31 bits per heavy atom. The van der Waals surface area contributed by atoms with Gasteiger partial charge in [0.15, 0.2) is 0 Å². The molecule has 0 radical (unpaired) electrons. The average molecular weight is 232 g/mol. The van der Waals surface area contributed by atoms with Crippen LogP contribution in [-0.2, 0) is 28.5 Å². The Labute approximate surface area is 93.8 Å². The number of carbonyl (C=O) groups excluding carboxylic acids is 2. The molecule has 2 atom stereocenters. The standard InChI is InChI=1S/C10H16O6/c1-13-9(11)5-7(10(12)14-2)8-6-15-3-4-16-8/h7-8H,3-6H2,1-2H3/t7-,8+/m0/s1. The van der Waals surface area contributed by atoms with Crippen LogP contribution in [0.25, 0.3) is 0 Å². The average Bonchev–Trinajstić information content (AvgIpc) is 2.35. The summed E-state index contributed by atoms with van der Waals surface area (Å²) < 4.78 is 19.7. The summed E-state index contributed by atoms with van der Waals surface area (Å²) in [6, 6.07) is 0. The molecule has 92 valence electrons. The summed E-state index contributed by atoms with van der Waals surface area (Å²) in [5.74, 6) is -1.62. The molecular formula is C10H16O6. The van der Waals surface area contributed by atoms with Crippen LogP contribution in [0.2, 0.25) is 0 Å². The summed E-state index contributed by atoms with van der Waals surface area (Å²) in [7, 11) is 2.55. The lowest BCUT2D eigenvalue weighted by Crippen LogP contribution is -2.40. The number of hydrogen-bond donors (Lipinski definition) is 0. The van der Waals surface area contributed by atoms with Crippen LogP contribution in [0.1, 0.15) is 6.42 Å². The maximum absolute atomic E-state index is 11.5. The molecule has 1 aliphatic heterocycles. The quantitative estimate of drug-likeness (QED) is 0.623. The number of esters is 2. The first-order valence-corrected chi connectivity index (χ1v) is 5.03. The molecule has 0 aromatic heterocycles. The smallest absolute Gasteiger partial charge is 0.311 e. The highest BCUT2D eigenvalue weighted by atomic mass is 16.6. The zero-order valence-electron chi connectivity index (χ0n) is 9.43. The summed E-state index contributed by atoms with van der Waals surface area (Å²) in [5.41, 5.74) is 0. The fourth-order valence-electron chi connectivity index (χ4n) is 1.52. The number of ether oxygens (including phenoxy) is 4. The summed E-state index contributed by atoms with van der Waals surface area (Å²) in [6.45, 7) is 1.21. The Morgan fingerprint density at radius 2 is 2.06 bits per heavy atom. The van der Waals surface area contributed by atoms with Crippen molar-refractivity contribution >= 4 is 11.9 Å². The van der Waals surface area contributed by atoms with Gasteiger partial charge in [-0.1, -0.05) is 0 Å². The van der Waals surface area contributed by atoms with Crippen molar-refractivity contribution < 1.29 is 28.5 Å². The van der Waals surface area contributed by atoms with Crippen LogP contribution in [0.4, 0.5) is 0 Å². The summed E-state index contributed by atoms with van der Waals surface area (Å²) in [6.07, 6.45) is -0.503. The molecule has 1 fully saturated rings. The van der Waals surface area contributed by atoms with E-state index < -0.39 is 24.0 Å². The number of hydrogen-bond acceptors (Lipinski definition) is 6. The van der Waals surface area contributed by atoms with E-state index in [2.05, 4.69) is 9.47 Å². The molecule has 0 aromatic carbocycles.